The van der Waals surface area contributed by atoms with Crippen LogP contribution in [0.15, 0.2) is 72.8 Å². The van der Waals surface area contributed by atoms with Gasteiger partial charge in [0.1, 0.15) is 12.1 Å². The summed E-state index contributed by atoms with van der Waals surface area (Å²) in [5.74, 6) is -1.88. The number of carboxylic acid groups (broad SMARTS) is 1. The number of nitrogens with one attached hydrogen (secondary N) is 1. The Morgan fingerprint density at radius 1 is 1.00 bits per heavy atom. The van der Waals surface area contributed by atoms with Crippen LogP contribution in [0.2, 0.25) is 0 Å². The number of para-hydroxylation sites is 2. The zero-order valence-electron chi connectivity index (χ0n) is 18.3. The van der Waals surface area contributed by atoms with Gasteiger partial charge in [0.15, 0.2) is 0 Å². The van der Waals surface area contributed by atoms with Crippen LogP contribution in [-0.2, 0) is 11.2 Å². The number of urea groups is 1. The van der Waals surface area contributed by atoms with E-state index in [2.05, 4.69) is 4.98 Å². The van der Waals surface area contributed by atoms with Crippen molar-refractivity contribution in [3.63, 3.8) is 0 Å². The number of fused-ring (bicyclic) bond motifs is 4. The normalized spacial score (nSPS) is 19.4. The number of aromatic carboxylic acids is 1. The van der Waals surface area contributed by atoms with Crippen molar-refractivity contribution in [3.8, 4) is 0 Å². The first-order valence-electron chi connectivity index (χ1n) is 11.1. The second-order valence-corrected chi connectivity index (χ2v) is 8.77. The van der Waals surface area contributed by atoms with E-state index >= 15 is 0 Å². The van der Waals surface area contributed by atoms with Crippen LogP contribution in [0, 0.1) is 6.92 Å². The minimum Gasteiger partial charge on any atom is -0.545 e. The molecule has 3 aromatic carbocycles. The largest absolute Gasteiger partial charge is 0.545 e. The number of carbonyl (C=O) groups excluding carboxylic acids is 3. The number of hydrogen-bond acceptors (Lipinski definition) is 4. The number of H-pyrrole nitrogens is 1. The third-order valence-corrected chi connectivity index (χ3v) is 6.77. The summed E-state index contributed by atoms with van der Waals surface area (Å²) in [6.45, 7) is 1.98. The molecule has 7 nitrogen and oxygen atoms in total. The van der Waals surface area contributed by atoms with Crippen LogP contribution < -0.4 is 10.0 Å². The van der Waals surface area contributed by atoms with Crippen LogP contribution in [0.5, 0.6) is 0 Å². The number of aryl methyl sites for hydroxylation is 1. The summed E-state index contributed by atoms with van der Waals surface area (Å²) in [7, 11) is 0. The van der Waals surface area contributed by atoms with E-state index in [1.54, 1.807) is 17.0 Å². The van der Waals surface area contributed by atoms with Crippen molar-refractivity contribution < 1.29 is 19.5 Å². The predicted octanol–water partition coefficient (Wildman–Crippen LogP) is 3.32. The molecule has 6 rings (SSSR count). The van der Waals surface area contributed by atoms with E-state index in [4.69, 9.17) is 0 Å². The van der Waals surface area contributed by atoms with Gasteiger partial charge in [-0.05, 0) is 30.2 Å². The van der Waals surface area contributed by atoms with Crippen LogP contribution in [0.3, 0.4) is 0 Å². The molecule has 1 fully saturated rings. The molecule has 7 heteroatoms. The number of rotatable bonds is 3. The number of carbonyl (C=O) groups is 3. The van der Waals surface area contributed by atoms with Crippen LogP contribution >= 0.6 is 0 Å². The highest BCUT2D eigenvalue weighted by Crippen LogP contribution is 2.45. The molecule has 0 unspecified atom stereocenters. The summed E-state index contributed by atoms with van der Waals surface area (Å²) >= 11 is 0. The molecule has 2 aliphatic heterocycles. The molecule has 168 valence electrons. The number of aromatic amines is 1. The van der Waals surface area contributed by atoms with Crippen LogP contribution in [0.4, 0.5) is 10.5 Å². The van der Waals surface area contributed by atoms with Crippen molar-refractivity contribution in [1.29, 1.82) is 0 Å². The maximum Gasteiger partial charge on any atom is 0.332 e. The summed E-state index contributed by atoms with van der Waals surface area (Å²) in [5, 5.41) is 12.8. The van der Waals surface area contributed by atoms with Gasteiger partial charge in [0, 0.05) is 28.6 Å². The smallest absolute Gasteiger partial charge is 0.332 e. The van der Waals surface area contributed by atoms with Gasteiger partial charge in [-0.25, -0.2) is 9.69 Å². The molecular weight excluding hydrogens is 430 g/mol. The Balaban J connectivity index is 1.56. The molecule has 0 radical (unpaired) electrons. The summed E-state index contributed by atoms with van der Waals surface area (Å²) in [6, 6.07) is 19.9. The Hall–Kier alpha value is -4.39. The fraction of sp³-hybridized carbons (Fsp3) is 0.148. The van der Waals surface area contributed by atoms with E-state index in [1.807, 2.05) is 55.5 Å². The molecule has 0 aliphatic carbocycles. The number of benzene rings is 3. The molecule has 1 aromatic heterocycles. The lowest BCUT2D eigenvalue weighted by atomic mass is 9.88. The predicted molar refractivity (Wildman–Crippen MR) is 124 cm³/mol. The highest BCUT2D eigenvalue weighted by molar-refractivity contribution is 6.23. The second-order valence-electron chi connectivity index (χ2n) is 8.77. The van der Waals surface area contributed by atoms with Gasteiger partial charge in [0.25, 0.3) is 5.91 Å². The van der Waals surface area contributed by atoms with Crippen molar-refractivity contribution in [3.05, 3.63) is 101 Å². The number of nitrogens with zero attached hydrogens (tertiary/aromatic N) is 2. The number of hydrogen-bond donors (Lipinski definition) is 1. The Labute approximate surface area is 195 Å². The van der Waals surface area contributed by atoms with Crippen LogP contribution in [0.1, 0.15) is 38.8 Å². The van der Waals surface area contributed by atoms with Gasteiger partial charge in [0.2, 0.25) is 0 Å². The van der Waals surface area contributed by atoms with Crippen molar-refractivity contribution in [2.24, 2.45) is 0 Å². The number of aromatic nitrogens is 1. The Kier molecular flexibility index (Phi) is 4.35. The molecule has 1 N–H and O–H groups in total. The van der Waals surface area contributed by atoms with Crippen molar-refractivity contribution >= 4 is 34.5 Å². The molecule has 2 atom stereocenters. The average Bonchev–Trinajstić information content (AvgIpc) is 3.32. The molecule has 34 heavy (non-hydrogen) atoms. The summed E-state index contributed by atoms with van der Waals surface area (Å²) in [6.07, 6.45) is 0.343. The van der Waals surface area contributed by atoms with Crippen molar-refractivity contribution in [2.45, 2.75) is 25.4 Å². The fourth-order valence-electron chi connectivity index (χ4n) is 5.32. The Morgan fingerprint density at radius 2 is 1.76 bits per heavy atom. The first-order chi connectivity index (χ1) is 16.5. The molecule has 0 saturated carbocycles. The molecular formula is C27H20N3O4-. The van der Waals surface area contributed by atoms with E-state index in [0.29, 0.717) is 6.42 Å². The molecule has 4 aromatic rings. The molecule has 1 saturated heterocycles. The lowest BCUT2D eigenvalue weighted by molar-refractivity contribution is -0.254. The first kappa shape index (κ1) is 20.2. The molecule has 2 aliphatic rings. The average molecular weight is 450 g/mol. The minimum atomic E-state index is -1.44. The van der Waals surface area contributed by atoms with Gasteiger partial charge in [-0.15, -0.1) is 0 Å². The van der Waals surface area contributed by atoms with Crippen LogP contribution in [-0.4, -0.2) is 33.8 Å². The molecule has 0 spiro atoms. The molecule has 3 amide bonds. The van der Waals surface area contributed by atoms with Gasteiger partial charge in [0.05, 0.1) is 11.7 Å². The number of anilines is 1. The maximum absolute atomic E-state index is 13.8. The summed E-state index contributed by atoms with van der Waals surface area (Å²) < 4.78 is 0. The standard InChI is InChI=1S/C27H21N3O4/c1-15-7-6-8-16(13-15)24-23-19(17-9-2-4-11-20(17)28-23)14-22-25(31)30(27(34)29(22)24)21-12-5-3-10-18(21)26(32)33/h2-13,22,24,28H,14H2,1H3,(H,32,33)/p-1/t22-,24-/m0/s1. The van der Waals surface area contributed by atoms with Crippen molar-refractivity contribution in [1.82, 2.24) is 9.88 Å². The molecule has 0 bridgehead atoms. The fourth-order valence-corrected chi connectivity index (χ4v) is 5.32. The number of carboxylic acids is 1. The maximum atomic E-state index is 13.8. The lowest BCUT2D eigenvalue weighted by Gasteiger charge is -2.36. The van der Waals surface area contributed by atoms with E-state index in [0.717, 1.165) is 38.2 Å². The Morgan fingerprint density at radius 3 is 2.56 bits per heavy atom. The highest BCUT2D eigenvalue weighted by atomic mass is 16.4. The van der Waals surface area contributed by atoms with Gasteiger partial charge in [-0.1, -0.05) is 66.2 Å². The quantitative estimate of drug-likeness (QED) is 0.484. The lowest BCUT2D eigenvalue weighted by Crippen LogP contribution is -2.44. The summed E-state index contributed by atoms with van der Waals surface area (Å²) in [5.41, 5.74) is 4.58. The zero-order chi connectivity index (χ0) is 23.6. The van der Waals surface area contributed by atoms with Gasteiger partial charge < -0.3 is 14.9 Å². The van der Waals surface area contributed by atoms with Gasteiger partial charge in [-0.2, -0.15) is 0 Å². The minimum absolute atomic E-state index is 0.0309. The van der Waals surface area contributed by atoms with E-state index in [1.165, 1.54) is 12.1 Å². The zero-order valence-corrected chi connectivity index (χ0v) is 18.3. The Bertz CT molecular complexity index is 1500. The third kappa shape index (κ3) is 2.80. The van der Waals surface area contributed by atoms with E-state index < -0.39 is 30.0 Å². The number of amides is 3. The second kappa shape index (κ2) is 7.31. The first-order valence-corrected chi connectivity index (χ1v) is 11.1. The highest BCUT2D eigenvalue weighted by Gasteiger charge is 2.53. The third-order valence-electron chi connectivity index (χ3n) is 6.77. The summed E-state index contributed by atoms with van der Waals surface area (Å²) in [4.78, 5) is 45.3. The van der Waals surface area contributed by atoms with Gasteiger partial charge in [-0.3, -0.25) is 9.69 Å². The van der Waals surface area contributed by atoms with E-state index in [9.17, 15) is 19.5 Å². The van der Waals surface area contributed by atoms with Crippen molar-refractivity contribution in [2.75, 3.05) is 4.90 Å². The SMILES string of the molecule is Cc1cccc([C@H]2c3[nH]c4ccccc4c3C[C@H]3C(=O)N(c4ccccc4C(=O)[O-])C(=O)N23)c1. The van der Waals surface area contributed by atoms with E-state index in [-0.39, 0.29) is 11.3 Å². The van der Waals surface area contributed by atoms with Gasteiger partial charge >= 0.3 is 6.03 Å². The topological polar surface area (TPSA) is 96.5 Å². The molecule has 3 heterocycles. The monoisotopic (exact) mass is 450 g/mol. The van der Waals surface area contributed by atoms with Crippen LogP contribution in [0.25, 0.3) is 10.9 Å². The number of imide groups is 1.